The summed E-state index contributed by atoms with van der Waals surface area (Å²) in [5.41, 5.74) is 4.43. The van der Waals surface area contributed by atoms with Gasteiger partial charge in [-0.25, -0.2) is 4.98 Å². The van der Waals surface area contributed by atoms with Crippen LogP contribution in [0.5, 0.6) is 0 Å². The first-order valence-electron chi connectivity index (χ1n) is 18.5. The van der Waals surface area contributed by atoms with Crippen molar-refractivity contribution in [2.24, 2.45) is 16.7 Å². The Labute approximate surface area is 335 Å². The van der Waals surface area contributed by atoms with Crippen LogP contribution < -0.4 is 0 Å². The third-order valence-corrected chi connectivity index (χ3v) is 12.4. The topological polar surface area (TPSA) is 63.1 Å². The first-order valence-corrected chi connectivity index (χ1v) is 19.7. The van der Waals surface area contributed by atoms with Crippen molar-refractivity contribution in [3.05, 3.63) is 89.3 Å². The SMILES string of the molecule is CC(C)Cc1cc2cccc(-c3ncnc(-c4[c-]c5ccccc5c(C(C)(C)C)c4)c3S)c2s1.CCC(C)(CC)C(=O)/C=C(\O)C(C)(CC)CC.[Ir]. The normalized spacial score (nSPS) is 12.5. The van der Waals surface area contributed by atoms with Gasteiger partial charge in [0.05, 0.1) is 5.69 Å². The van der Waals surface area contributed by atoms with E-state index in [1.807, 2.05) is 52.9 Å². The molecule has 0 fully saturated rings. The fourth-order valence-corrected chi connectivity index (χ4v) is 7.98. The first kappa shape index (κ1) is 43.6. The maximum absolute atomic E-state index is 12.2. The van der Waals surface area contributed by atoms with Crippen molar-refractivity contribution in [2.75, 3.05) is 0 Å². The number of thiophene rings is 1. The second kappa shape index (κ2) is 18.0. The number of nitrogens with zero attached hydrogens (tertiary/aromatic N) is 2. The largest absolute Gasteiger partial charge is 0.512 e. The molecular weight excluding hydrogens is 857 g/mol. The minimum absolute atomic E-state index is 0. The van der Waals surface area contributed by atoms with E-state index in [-0.39, 0.29) is 47.9 Å². The molecule has 281 valence electrons. The molecule has 3 aromatic carbocycles. The molecule has 0 unspecified atom stereocenters. The minimum Gasteiger partial charge on any atom is -0.512 e. The second-order valence-electron chi connectivity index (χ2n) is 15.8. The number of hydrogen-bond acceptors (Lipinski definition) is 6. The number of hydrogen-bond donors (Lipinski definition) is 2. The molecule has 2 heterocycles. The number of benzene rings is 3. The monoisotopic (exact) mass is 914 g/mol. The van der Waals surface area contributed by atoms with Gasteiger partial charge in [-0.15, -0.1) is 53.1 Å². The summed E-state index contributed by atoms with van der Waals surface area (Å²) < 4.78 is 1.26. The van der Waals surface area contributed by atoms with Crippen molar-refractivity contribution in [1.29, 1.82) is 0 Å². The van der Waals surface area contributed by atoms with Crippen LogP contribution in [0, 0.1) is 22.8 Å². The zero-order chi connectivity index (χ0) is 37.7. The molecule has 0 atom stereocenters. The van der Waals surface area contributed by atoms with Gasteiger partial charge in [-0.2, -0.15) is 0 Å². The van der Waals surface area contributed by atoms with E-state index in [9.17, 15) is 9.90 Å². The Bertz CT molecular complexity index is 2010. The third-order valence-electron chi connectivity index (χ3n) is 10.7. The van der Waals surface area contributed by atoms with Crippen LogP contribution >= 0.6 is 24.0 Å². The maximum atomic E-state index is 12.2. The van der Waals surface area contributed by atoms with Gasteiger partial charge in [-0.3, -0.25) is 9.78 Å². The van der Waals surface area contributed by atoms with Gasteiger partial charge >= 0.3 is 0 Å². The smallest absolute Gasteiger partial charge is 0.164 e. The van der Waals surface area contributed by atoms with Gasteiger partial charge in [-0.05, 0) is 54.9 Å². The molecule has 4 nitrogen and oxygen atoms in total. The molecule has 0 saturated carbocycles. The van der Waals surface area contributed by atoms with Crippen molar-refractivity contribution in [1.82, 2.24) is 9.97 Å². The summed E-state index contributed by atoms with van der Waals surface area (Å²) in [7, 11) is 0. The molecule has 0 amide bonds. The van der Waals surface area contributed by atoms with Gasteiger partial charge in [-0.1, -0.05) is 124 Å². The summed E-state index contributed by atoms with van der Waals surface area (Å²) in [6.07, 6.45) is 7.50. The molecule has 0 aliphatic rings. The molecule has 5 aromatic rings. The number of carbonyl (C=O) groups excluding carboxylic acids is 1. The standard InChI is InChI=1S/C30H29N2S2.C15H28O2.Ir/c1-18(2)13-22-15-20-10-8-12-24(29(20)34-22)27-28(33)26(31-17-32-27)21-14-19-9-6-7-11-23(19)25(16-21)30(3,4)5;1-7-14(5,8-2)12(16)11-13(17)15(6,9-3)10-4;/h6-12,15-18,33H,13H2,1-5H3;11,16H,7-10H2,1-6H3;/q-1;;/b;12-11-;. The number of aromatic nitrogens is 2. The Morgan fingerprint density at radius 1 is 0.885 bits per heavy atom. The fourth-order valence-electron chi connectivity index (χ4n) is 6.24. The molecule has 0 spiro atoms. The average Bonchev–Trinajstić information content (AvgIpc) is 3.52. The summed E-state index contributed by atoms with van der Waals surface area (Å²) in [5, 5.41) is 13.7. The molecule has 52 heavy (non-hydrogen) atoms. The van der Waals surface area contributed by atoms with E-state index in [2.05, 4.69) is 100 Å². The van der Waals surface area contributed by atoms with E-state index in [4.69, 9.17) is 17.6 Å². The van der Waals surface area contributed by atoms with Crippen LogP contribution in [0.3, 0.4) is 0 Å². The van der Waals surface area contributed by atoms with Crippen molar-refractivity contribution < 1.29 is 30.0 Å². The van der Waals surface area contributed by atoms with E-state index in [0.717, 1.165) is 64.9 Å². The molecule has 0 saturated heterocycles. The fraction of sp³-hybridized carbons (Fsp3) is 0.444. The van der Waals surface area contributed by atoms with Crippen LogP contribution in [-0.2, 0) is 36.7 Å². The summed E-state index contributed by atoms with van der Waals surface area (Å²) in [6, 6.07) is 23.0. The summed E-state index contributed by atoms with van der Waals surface area (Å²) in [6.45, 7) is 23.4. The molecule has 0 aliphatic carbocycles. The number of carbonyl (C=O) groups is 1. The van der Waals surface area contributed by atoms with Crippen LogP contribution in [0.2, 0.25) is 0 Å². The van der Waals surface area contributed by atoms with Crippen LogP contribution in [0.4, 0.5) is 0 Å². The predicted molar refractivity (Wildman–Crippen MR) is 222 cm³/mol. The van der Waals surface area contributed by atoms with Crippen molar-refractivity contribution >= 4 is 50.6 Å². The van der Waals surface area contributed by atoms with Crippen molar-refractivity contribution in [3.63, 3.8) is 0 Å². The number of fused-ring (bicyclic) bond motifs is 2. The summed E-state index contributed by atoms with van der Waals surface area (Å²) >= 11 is 6.85. The van der Waals surface area contributed by atoms with Gasteiger partial charge in [0.15, 0.2) is 5.78 Å². The molecule has 5 rings (SSSR count). The zero-order valence-corrected chi connectivity index (χ0v) is 37.0. The average molecular weight is 914 g/mol. The molecule has 7 heteroatoms. The molecule has 0 bridgehead atoms. The minimum atomic E-state index is -0.337. The number of aliphatic hydroxyl groups is 1. The molecular formula is C45H57IrN2O2S2-. The Morgan fingerprint density at radius 2 is 1.50 bits per heavy atom. The number of aliphatic hydroxyl groups excluding tert-OH is 1. The maximum Gasteiger partial charge on any atom is 0.164 e. The number of thiol groups is 1. The number of ketones is 1. The summed E-state index contributed by atoms with van der Waals surface area (Å²) in [5.74, 6) is 0.914. The predicted octanol–water partition coefficient (Wildman–Crippen LogP) is 13.4. The Hall–Kier alpha value is -2.83. The van der Waals surface area contributed by atoms with Gasteiger partial charge < -0.3 is 5.11 Å². The Kier molecular flexibility index (Phi) is 15.1. The van der Waals surface area contributed by atoms with E-state index in [0.29, 0.717) is 5.92 Å². The molecule has 0 aliphatic heterocycles. The summed E-state index contributed by atoms with van der Waals surface area (Å²) in [4.78, 5) is 23.7. The van der Waals surface area contributed by atoms with Crippen molar-refractivity contribution in [3.8, 4) is 22.5 Å². The van der Waals surface area contributed by atoms with Gasteiger partial charge in [0.2, 0.25) is 0 Å². The Morgan fingerprint density at radius 3 is 2.10 bits per heavy atom. The van der Waals surface area contributed by atoms with Crippen molar-refractivity contribution in [2.45, 2.75) is 119 Å². The molecule has 1 radical (unpaired) electrons. The van der Waals surface area contributed by atoms with Crippen LogP contribution in [0.1, 0.15) is 112 Å². The van der Waals surface area contributed by atoms with Crippen LogP contribution in [-0.4, -0.2) is 20.9 Å². The second-order valence-corrected chi connectivity index (χ2v) is 17.4. The zero-order valence-electron chi connectivity index (χ0n) is 32.9. The van der Waals surface area contributed by atoms with E-state index in [1.54, 1.807) is 6.33 Å². The number of allylic oxidation sites excluding steroid dienone is 2. The number of rotatable bonds is 11. The van der Waals surface area contributed by atoms with Gasteiger partial charge in [0.1, 0.15) is 12.1 Å². The third kappa shape index (κ3) is 9.63. The molecule has 1 N–H and O–H groups in total. The Balaban J connectivity index is 0.000000347. The van der Waals surface area contributed by atoms with Crippen LogP contribution in [0.25, 0.3) is 43.4 Å². The van der Waals surface area contributed by atoms with Gasteiger partial charge in [0, 0.05) is 62.7 Å². The quantitative estimate of drug-likeness (QED) is 0.0600. The van der Waals surface area contributed by atoms with E-state index in [1.165, 1.54) is 32.0 Å². The van der Waals surface area contributed by atoms with E-state index < -0.39 is 0 Å². The van der Waals surface area contributed by atoms with Crippen LogP contribution in [0.15, 0.2) is 77.7 Å². The molecule has 2 aromatic heterocycles. The van der Waals surface area contributed by atoms with Gasteiger partial charge in [0.25, 0.3) is 0 Å². The first-order chi connectivity index (χ1) is 24.0. The van der Waals surface area contributed by atoms with E-state index >= 15 is 0 Å².